The van der Waals surface area contributed by atoms with E-state index in [1.807, 2.05) is 30.3 Å². The van der Waals surface area contributed by atoms with Crippen LogP contribution in [0.2, 0.25) is 0 Å². The SMILES string of the molecule is O=C1CO[C@H](C(=O)NC2CCCCC2)[C@@H](c2ccccc2)N1. The fourth-order valence-corrected chi connectivity index (χ4v) is 3.23. The predicted molar refractivity (Wildman–Crippen MR) is 82.1 cm³/mol. The van der Waals surface area contributed by atoms with Gasteiger partial charge in [-0.1, -0.05) is 49.6 Å². The van der Waals surface area contributed by atoms with Crippen molar-refractivity contribution in [3.8, 4) is 0 Å². The maximum atomic E-state index is 12.6. The highest BCUT2D eigenvalue weighted by atomic mass is 16.5. The molecule has 0 aromatic heterocycles. The molecule has 1 aliphatic carbocycles. The van der Waals surface area contributed by atoms with Crippen molar-refractivity contribution >= 4 is 11.8 Å². The summed E-state index contributed by atoms with van der Waals surface area (Å²) in [4.78, 5) is 24.2. The van der Waals surface area contributed by atoms with Crippen LogP contribution in [0.4, 0.5) is 0 Å². The Morgan fingerprint density at radius 2 is 1.86 bits per heavy atom. The van der Waals surface area contributed by atoms with Crippen molar-refractivity contribution in [1.82, 2.24) is 10.6 Å². The first kappa shape index (κ1) is 15.0. The monoisotopic (exact) mass is 302 g/mol. The van der Waals surface area contributed by atoms with Crippen LogP contribution in [0.25, 0.3) is 0 Å². The van der Waals surface area contributed by atoms with E-state index in [9.17, 15) is 9.59 Å². The van der Waals surface area contributed by atoms with E-state index < -0.39 is 12.1 Å². The molecule has 0 unspecified atom stereocenters. The molecule has 1 saturated carbocycles. The number of ether oxygens (including phenoxy) is 1. The minimum absolute atomic E-state index is 0.0634. The van der Waals surface area contributed by atoms with E-state index in [2.05, 4.69) is 10.6 Å². The number of amides is 2. The molecule has 5 heteroatoms. The van der Waals surface area contributed by atoms with E-state index in [0.717, 1.165) is 31.2 Å². The second-order valence-electron chi connectivity index (χ2n) is 6.03. The van der Waals surface area contributed by atoms with Gasteiger partial charge >= 0.3 is 0 Å². The number of morpholine rings is 1. The molecule has 2 amide bonds. The van der Waals surface area contributed by atoms with Crippen LogP contribution in [-0.2, 0) is 14.3 Å². The molecule has 1 aromatic carbocycles. The number of nitrogens with one attached hydrogen (secondary N) is 2. The lowest BCUT2D eigenvalue weighted by Gasteiger charge is -2.33. The second-order valence-corrected chi connectivity index (χ2v) is 6.03. The van der Waals surface area contributed by atoms with Gasteiger partial charge in [0.2, 0.25) is 5.91 Å². The topological polar surface area (TPSA) is 67.4 Å². The van der Waals surface area contributed by atoms with Crippen LogP contribution in [-0.4, -0.2) is 30.6 Å². The summed E-state index contributed by atoms with van der Waals surface area (Å²) in [7, 11) is 0. The Hall–Kier alpha value is -1.88. The maximum absolute atomic E-state index is 12.6. The first-order chi connectivity index (χ1) is 10.7. The summed E-state index contributed by atoms with van der Waals surface area (Å²) in [5.74, 6) is -0.309. The van der Waals surface area contributed by atoms with Crippen LogP contribution in [0.1, 0.15) is 43.7 Å². The molecule has 0 spiro atoms. The van der Waals surface area contributed by atoms with Crippen molar-refractivity contribution < 1.29 is 14.3 Å². The van der Waals surface area contributed by atoms with Crippen molar-refractivity contribution in [3.05, 3.63) is 35.9 Å². The standard InChI is InChI=1S/C17H22N2O3/c20-14-11-22-16(15(19-14)12-7-3-1-4-8-12)17(21)18-13-9-5-2-6-10-13/h1,3-4,7-8,13,15-16H,2,5-6,9-11H2,(H,18,21)(H,19,20)/t15-,16+/m1/s1. The average Bonchev–Trinajstić information content (AvgIpc) is 2.56. The molecule has 2 N–H and O–H groups in total. The Bertz CT molecular complexity index is 526. The van der Waals surface area contributed by atoms with Gasteiger partial charge in [0.05, 0.1) is 6.04 Å². The van der Waals surface area contributed by atoms with Gasteiger partial charge in [-0.05, 0) is 18.4 Å². The van der Waals surface area contributed by atoms with Crippen LogP contribution in [0.5, 0.6) is 0 Å². The third-order valence-electron chi connectivity index (χ3n) is 4.38. The number of carbonyl (C=O) groups excluding carboxylic acids is 2. The highest BCUT2D eigenvalue weighted by Crippen LogP contribution is 2.24. The Kier molecular flexibility index (Phi) is 4.73. The minimum atomic E-state index is -0.665. The number of benzene rings is 1. The summed E-state index contributed by atoms with van der Waals surface area (Å²) in [6.45, 7) is -0.0634. The molecular weight excluding hydrogens is 280 g/mol. The number of hydrogen-bond acceptors (Lipinski definition) is 3. The number of carbonyl (C=O) groups is 2. The second kappa shape index (κ2) is 6.92. The summed E-state index contributed by atoms with van der Waals surface area (Å²) < 4.78 is 5.54. The van der Waals surface area contributed by atoms with E-state index >= 15 is 0 Å². The number of hydrogen-bond donors (Lipinski definition) is 2. The lowest BCUT2D eigenvalue weighted by atomic mass is 9.94. The molecule has 0 bridgehead atoms. The van der Waals surface area contributed by atoms with Crippen LogP contribution in [0.3, 0.4) is 0 Å². The highest BCUT2D eigenvalue weighted by molar-refractivity contribution is 5.86. The zero-order valence-electron chi connectivity index (χ0n) is 12.6. The molecule has 2 fully saturated rings. The van der Waals surface area contributed by atoms with E-state index in [4.69, 9.17) is 4.74 Å². The number of rotatable bonds is 3. The van der Waals surface area contributed by atoms with E-state index in [1.165, 1.54) is 6.42 Å². The summed E-state index contributed by atoms with van der Waals surface area (Å²) in [5, 5.41) is 5.96. The van der Waals surface area contributed by atoms with Gasteiger partial charge in [0, 0.05) is 6.04 Å². The summed E-state index contributed by atoms with van der Waals surface area (Å²) in [6, 6.07) is 9.32. The van der Waals surface area contributed by atoms with Crippen molar-refractivity contribution in [2.45, 2.75) is 50.3 Å². The normalized spacial score (nSPS) is 26.3. The van der Waals surface area contributed by atoms with Crippen molar-refractivity contribution in [3.63, 3.8) is 0 Å². The third kappa shape index (κ3) is 3.47. The summed E-state index contributed by atoms with van der Waals surface area (Å²) >= 11 is 0. The maximum Gasteiger partial charge on any atom is 0.251 e. The molecule has 118 valence electrons. The fourth-order valence-electron chi connectivity index (χ4n) is 3.23. The van der Waals surface area contributed by atoms with Gasteiger partial charge < -0.3 is 15.4 Å². The van der Waals surface area contributed by atoms with Gasteiger partial charge in [-0.3, -0.25) is 9.59 Å². The van der Waals surface area contributed by atoms with Crippen LogP contribution in [0.15, 0.2) is 30.3 Å². The molecular formula is C17H22N2O3. The smallest absolute Gasteiger partial charge is 0.251 e. The lowest BCUT2D eigenvalue weighted by molar-refractivity contribution is -0.148. The summed E-state index contributed by atoms with van der Waals surface area (Å²) in [5.41, 5.74) is 0.888. The molecule has 2 aliphatic rings. The summed E-state index contributed by atoms with van der Waals surface area (Å²) in [6.07, 6.45) is 4.96. The van der Waals surface area contributed by atoms with Crippen molar-refractivity contribution in [1.29, 1.82) is 0 Å². The Morgan fingerprint density at radius 3 is 2.59 bits per heavy atom. The lowest BCUT2D eigenvalue weighted by Crippen LogP contribution is -2.54. The van der Waals surface area contributed by atoms with Gasteiger partial charge in [0.1, 0.15) is 6.61 Å². The Morgan fingerprint density at radius 1 is 1.14 bits per heavy atom. The Balaban J connectivity index is 1.71. The van der Waals surface area contributed by atoms with E-state index in [1.54, 1.807) is 0 Å². The van der Waals surface area contributed by atoms with Crippen molar-refractivity contribution in [2.75, 3.05) is 6.61 Å². The molecule has 2 atom stereocenters. The third-order valence-corrected chi connectivity index (χ3v) is 4.38. The van der Waals surface area contributed by atoms with E-state index in [0.29, 0.717) is 0 Å². The van der Waals surface area contributed by atoms with Crippen LogP contribution >= 0.6 is 0 Å². The average molecular weight is 302 g/mol. The fraction of sp³-hybridized carbons (Fsp3) is 0.529. The van der Waals surface area contributed by atoms with E-state index in [-0.39, 0.29) is 24.5 Å². The van der Waals surface area contributed by atoms with Crippen molar-refractivity contribution in [2.24, 2.45) is 0 Å². The zero-order chi connectivity index (χ0) is 15.4. The van der Waals surface area contributed by atoms with Crippen LogP contribution in [0, 0.1) is 0 Å². The van der Waals surface area contributed by atoms with Gasteiger partial charge in [-0.15, -0.1) is 0 Å². The molecule has 22 heavy (non-hydrogen) atoms. The molecule has 1 aromatic rings. The molecule has 5 nitrogen and oxygen atoms in total. The zero-order valence-corrected chi connectivity index (χ0v) is 12.6. The van der Waals surface area contributed by atoms with Gasteiger partial charge in [-0.2, -0.15) is 0 Å². The molecule has 0 radical (unpaired) electrons. The van der Waals surface area contributed by atoms with Gasteiger partial charge in [0.15, 0.2) is 6.10 Å². The largest absolute Gasteiger partial charge is 0.356 e. The van der Waals surface area contributed by atoms with Crippen LogP contribution < -0.4 is 10.6 Å². The van der Waals surface area contributed by atoms with Gasteiger partial charge in [-0.25, -0.2) is 0 Å². The molecule has 1 saturated heterocycles. The first-order valence-corrected chi connectivity index (χ1v) is 8.00. The van der Waals surface area contributed by atoms with Gasteiger partial charge in [0.25, 0.3) is 5.91 Å². The highest BCUT2D eigenvalue weighted by Gasteiger charge is 2.36. The predicted octanol–water partition coefficient (Wildman–Crippen LogP) is 1.69. The molecule has 1 aliphatic heterocycles. The molecule has 3 rings (SSSR count). The first-order valence-electron chi connectivity index (χ1n) is 8.00. The minimum Gasteiger partial charge on any atom is -0.356 e. The quantitative estimate of drug-likeness (QED) is 0.893. The molecule has 1 heterocycles. The Labute approximate surface area is 130 Å².